The van der Waals surface area contributed by atoms with Gasteiger partial charge in [-0.15, -0.1) is 11.3 Å². The lowest BCUT2D eigenvalue weighted by molar-refractivity contribution is 0.724. The van der Waals surface area contributed by atoms with Crippen molar-refractivity contribution in [3.05, 3.63) is 29.5 Å². The van der Waals surface area contributed by atoms with Gasteiger partial charge in [0.05, 0.1) is 6.20 Å². The monoisotopic (exact) mass is 222 g/mol. The number of nitrogens with one attached hydrogen (secondary N) is 1. The highest BCUT2D eigenvalue weighted by molar-refractivity contribution is 7.12. The third kappa shape index (κ3) is 2.64. The molecule has 0 atom stereocenters. The van der Waals surface area contributed by atoms with Crippen molar-refractivity contribution in [3.63, 3.8) is 0 Å². The first-order valence-corrected chi connectivity index (χ1v) is 5.86. The Balaban J connectivity index is 1.98. The van der Waals surface area contributed by atoms with Crippen LogP contribution >= 0.6 is 11.3 Å². The van der Waals surface area contributed by atoms with Crippen LogP contribution in [0.15, 0.2) is 24.0 Å². The highest BCUT2D eigenvalue weighted by Crippen LogP contribution is 2.11. The van der Waals surface area contributed by atoms with Crippen LogP contribution in [0.2, 0.25) is 0 Å². The molecule has 0 unspecified atom stereocenters. The van der Waals surface area contributed by atoms with Crippen molar-refractivity contribution in [2.75, 3.05) is 13.6 Å². The molecular weight excluding hydrogens is 208 g/mol. The van der Waals surface area contributed by atoms with Crippen LogP contribution in [-0.2, 0) is 6.42 Å². The average molecular weight is 222 g/mol. The Kier molecular flexibility index (Phi) is 3.47. The minimum atomic E-state index is 0.926. The van der Waals surface area contributed by atoms with Crippen LogP contribution in [0.3, 0.4) is 0 Å². The molecule has 2 heterocycles. The Labute approximate surface area is 93.0 Å². The summed E-state index contributed by atoms with van der Waals surface area (Å²) in [5, 5.41) is 10.3. The number of hydrogen-bond donors (Lipinski definition) is 1. The Morgan fingerprint density at radius 3 is 3.20 bits per heavy atom. The summed E-state index contributed by atoms with van der Waals surface area (Å²) in [5.74, 6) is 0. The zero-order valence-electron chi connectivity index (χ0n) is 8.68. The van der Waals surface area contributed by atoms with Gasteiger partial charge >= 0.3 is 0 Å². The van der Waals surface area contributed by atoms with Crippen LogP contribution in [-0.4, -0.2) is 28.4 Å². The molecule has 0 aliphatic carbocycles. The lowest BCUT2D eigenvalue weighted by Gasteiger charge is -1.96. The second kappa shape index (κ2) is 5.04. The van der Waals surface area contributed by atoms with E-state index in [0.29, 0.717) is 0 Å². The lowest BCUT2D eigenvalue weighted by atomic mass is 10.2. The van der Waals surface area contributed by atoms with Crippen LogP contribution in [0.4, 0.5) is 0 Å². The van der Waals surface area contributed by atoms with Crippen LogP contribution in [0.25, 0.3) is 5.13 Å². The summed E-state index contributed by atoms with van der Waals surface area (Å²) in [6.07, 6.45) is 7.96. The van der Waals surface area contributed by atoms with Gasteiger partial charge in [0.1, 0.15) is 0 Å². The highest BCUT2D eigenvalue weighted by Gasteiger charge is 2.02. The zero-order valence-corrected chi connectivity index (χ0v) is 9.50. The molecule has 0 saturated carbocycles. The first kappa shape index (κ1) is 10.3. The standard InChI is InChI=1S/C10H14N4S/c1-11-4-2-3-9-7-13-14(8-9)10-12-5-6-15-10/h5-8,11H,2-4H2,1H3. The van der Waals surface area contributed by atoms with Crippen molar-refractivity contribution in [2.45, 2.75) is 12.8 Å². The SMILES string of the molecule is CNCCCc1cnn(-c2nccs2)c1. The molecule has 4 nitrogen and oxygen atoms in total. The van der Waals surface area contributed by atoms with Crippen molar-refractivity contribution in [1.29, 1.82) is 0 Å². The fraction of sp³-hybridized carbons (Fsp3) is 0.400. The van der Waals surface area contributed by atoms with Gasteiger partial charge in [-0.25, -0.2) is 9.67 Å². The molecule has 2 rings (SSSR count). The second-order valence-corrected chi connectivity index (χ2v) is 4.19. The van der Waals surface area contributed by atoms with E-state index in [9.17, 15) is 0 Å². The maximum absolute atomic E-state index is 4.28. The Morgan fingerprint density at radius 1 is 1.53 bits per heavy atom. The molecule has 0 radical (unpaired) electrons. The maximum atomic E-state index is 4.28. The predicted octanol–water partition coefficient (Wildman–Crippen LogP) is 1.48. The highest BCUT2D eigenvalue weighted by atomic mass is 32.1. The fourth-order valence-electron chi connectivity index (χ4n) is 1.39. The number of aromatic nitrogens is 3. The van der Waals surface area contributed by atoms with E-state index in [1.165, 1.54) is 5.56 Å². The lowest BCUT2D eigenvalue weighted by Crippen LogP contribution is -2.08. The quantitative estimate of drug-likeness (QED) is 0.779. The summed E-state index contributed by atoms with van der Waals surface area (Å²) in [6.45, 7) is 1.04. The number of nitrogens with zero attached hydrogens (tertiary/aromatic N) is 3. The molecule has 0 fully saturated rings. The molecule has 0 bridgehead atoms. The molecule has 2 aromatic heterocycles. The first-order chi connectivity index (χ1) is 7.40. The van der Waals surface area contributed by atoms with E-state index in [2.05, 4.69) is 21.6 Å². The molecule has 0 aliphatic rings. The van der Waals surface area contributed by atoms with Gasteiger partial charge in [0.15, 0.2) is 0 Å². The van der Waals surface area contributed by atoms with Crippen molar-refractivity contribution in [2.24, 2.45) is 0 Å². The van der Waals surface area contributed by atoms with Crippen molar-refractivity contribution < 1.29 is 0 Å². The van der Waals surface area contributed by atoms with Gasteiger partial charge in [-0.2, -0.15) is 5.10 Å². The minimum absolute atomic E-state index is 0.926. The maximum Gasteiger partial charge on any atom is 0.210 e. The number of hydrogen-bond acceptors (Lipinski definition) is 4. The largest absolute Gasteiger partial charge is 0.320 e. The topological polar surface area (TPSA) is 42.7 Å². The second-order valence-electron chi connectivity index (χ2n) is 3.31. The molecule has 1 N–H and O–H groups in total. The summed E-state index contributed by atoms with van der Waals surface area (Å²) in [5.41, 5.74) is 1.26. The van der Waals surface area contributed by atoms with E-state index in [4.69, 9.17) is 0 Å². The van der Waals surface area contributed by atoms with Gasteiger partial charge in [-0.05, 0) is 32.0 Å². The molecule has 0 aromatic carbocycles. The van der Waals surface area contributed by atoms with E-state index in [0.717, 1.165) is 24.5 Å². The van der Waals surface area contributed by atoms with E-state index in [1.807, 2.05) is 23.3 Å². The smallest absolute Gasteiger partial charge is 0.210 e. The van der Waals surface area contributed by atoms with Gasteiger partial charge in [0, 0.05) is 17.8 Å². The Hall–Kier alpha value is -1.20. The number of thiazole rings is 1. The zero-order chi connectivity index (χ0) is 10.5. The van der Waals surface area contributed by atoms with Crippen LogP contribution < -0.4 is 5.32 Å². The Morgan fingerprint density at radius 2 is 2.47 bits per heavy atom. The molecular formula is C10H14N4S. The first-order valence-electron chi connectivity index (χ1n) is 4.98. The molecule has 5 heteroatoms. The molecule has 0 spiro atoms. The summed E-state index contributed by atoms with van der Waals surface area (Å²) >= 11 is 1.59. The summed E-state index contributed by atoms with van der Waals surface area (Å²) in [6, 6.07) is 0. The van der Waals surface area contributed by atoms with Crippen LogP contribution in [0.1, 0.15) is 12.0 Å². The number of aryl methyl sites for hydroxylation is 1. The third-order valence-electron chi connectivity index (χ3n) is 2.14. The minimum Gasteiger partial charge on any atom is -0.320 e. The van der Waals surface area contributed by atoms with Crippen molar-refractivity contribution in [1.82, 2.24) is 20.1 Å². The predicted molar refractivity (Wildman–Crippen MR) is 61.5 cm³/mol. The van der Waals surface area contributed by atoms with Gasteiger partial charge < -0.3 is 5.32 Å². The van der Waals surface area contributed by atoms with Gasteiger partial charge in [0.2, 0.25) is 5.13 Å². The summed E-state index contributed by atoms with van der Waals surface area (Å²) in [7, 11) is 1.97. The van der Waals surface area contributed by atoms with Crippen LogP contribution in [0.5, 0.6) is 0 Å². The molecule has 0 saturated heterocycles. The van der Waals surface area contributed by atoms with E-state index >= 15 is 0 Å². The van der Waals surface area contributed by atoms with Crippen molar-refractivity contribution >= 4 is 11.3 Å². The normalized spacial score (nSPS) is 10.7. The molecule has 2 aromatic rings. The third-order valence-corrected chi connectivity index (χ3v) is 2.90. The van der Waals surface area contributed by atoms with E-state index < -0.39 is 0 Å². The molecule has 80 valence electrons. The van der Waals surface area contributed by atoms with E-state index in [-0.39, 0.29) is 0 Å². The summed E-state index contributed by atoms with van der Waals surface area (Å²) < 4.78 is 1.83. The Bertz CT molecular complexity index is 393. The van der Waals surface area contributed by atoms with Crippen molar-refractivity contribution in [3.8, 4) is 5.13 Å². The molecule has 0 aliphatic heterocycles. The fourth-order valence-corrected chi connectivity index (χ4v) is 1.97. The van der Waals surface area contributed by atoms with Crippen LogP contribution in [0, 0.1) is 0 Å². The van der Waals surface area contributed by atoms with Gasteiger partial charge in [0.25, 0.3) is 0 Å². The average Bonchev–Trinajstić information content (AvgIpc) is 2.87. The number of rotatable bonds is 5. The van der Waals surface area contributed by atoms with Gasteiger partial charge in [-0.1, -0.05) is 0 Å². The summed E-state index contributed by atoms with van der Waals surface area (Å²) in [4.78, 5) is 4.20. The molecule has 0 amide bonds. The van der Waals surface area contributed by atoms with Gasteiger partial charge in [-0.3, -0.25) is 0 Å². The molecule has 15 heavy (non-hydrogen) atoms. The van der Waals surface area contributed by atoms with E-state index in [1.54, 1.807) is 17.5 Å².